The van der Waals surface area contributed by atoms with E-state index in [4.69, 9.17) is 4.98 Å². The Balaban J connectivity index is 1.48. The van der Waals surface area contributed by atoms with Gasteiger partial charge in [0.25, 0.3) is 0 Å². The van der Waals surface area contributed by atoms with Crippen molar-refractivity contribution < 1.29 is 8.42 Å². The van der Waals surface area contributed by atoms with E-state index in [1.54, 1.807) is 6.20 Å². The second-order valence-corrected chi connectivity index (χ2v) is 9.48. The first kappa shape index (κ1) is 18.4. The summed E-state index contributed by atoms with van der Waals surface area (Å²) in [5, 5.41) is 7.86. The van der Waals surface area contributed by atoms with Crippen LogP contribution >= 0.6 is 0 Å². The highest BCUT2D eigenvalue weighted by Crippen LogP contribution is 2.26. The van der Waals surface area contributed by atoms with E-state index >= 15 is 0 Å². The molecule has 0 unspecified atom stereocenters. The first-order valence-electron chi connectivity index (χ1n) is 9.59. The third-order valence-electron chi connectivity index (χ3n) is 5.45. The summed E-state index contributed by atoms with van der Waals surface area (Å²) in [6.45, 7) is 1.06. The summed E-state index contributed by atoms with van der Waals surface area (Å²) >= 11 is 0. The third kappa shape index (κ3) is 4.30. The van der Waals surface area contributed by atoms with Crippen LogP contribution in [0.1, 0.15) is 38.5 Å². The topological polar surface area (TPSA) is 100 Å². The minimum atomic E-state index is -3.11. The molecule has 1 saturated carbocycles. The molecule has 0 aromatic carbocycles. The lowest BCUT2D eigenvalue weighted by molar-refractivity contribution is 0.331. The average Bonchev–Trinajstić information content (AvgIpc) is 3.15. The van der Waals surface area contributed by atoms with Crippen LogP contribution in [-0.2, 0) is 10.0 Å². The Bertz CT molecular complexity index is 905. The van der Waals surface area contributed by atoms with Crippen LogP contribution in [0.5, 0.6) is 0 Å². The van der Waals surface area contributed by atoms with Crippen LogP contribution in [0.3, 0.4) is 0 Å². The van der Waals surface area contributed by atoms with Crippen molar-refractivity contribution >= 4 is 32.7 Å². The fourth-order valence-electron chi connectivity index (χ4n) is 3.91. The Morgan fingerprint density at radius 1 is 1.04 bits per heavy atom. The van der Waals surface area contributed by atoms with Gasteiger partial charge < -0.3 is 10.6 Å². The predicted molar refractivity (Wildman–Crippen MR) is 106 cm³/mol. The largest absolute Gasteiger partial charge is 0.366 e. The molecule has 1 saturated heterocycles. The molecule has 8 nitrogen and oxygen atoms in total. The maximum absolute atomic E-state index is 11.6. The Morgan fingerprint density at radius 3 is 2.44 bits per heavy atom. The molecular weight excluding hydrogens is 364 g/mol. The van der Waals surface area contributed by atoms with E-state index in [0.29, 0.717) is 25.1 Å². The summed E-state index contributed by atoms with van der Waals surface area (Å²) in [6.07, 6.45) is 11.2. The first-order valence-corrected chi connectivity index (χ1v) is 11.4. The summed E-state index contributed by atoms with van der Waals surface area (Å²) in [5.74, 6) is 1.39. The van der Waals surface area contributed by atoms with Crippen molar-refractivity contribution in [2.45, 2.75) is 50.6 Å². The molecule has 1 aliphatic heterocycles. The van der Waals surface area contributed by atoms with Gasteiger partial charge in [0.15, 0.2) is 5.82 Å². The van der Waals surface area contributed by atoms with Gasteiger partial charge in [0.1, 0.15) is 5.52 Å². The van der Waals surface area contributed by atoms with E-state index in [2.05, 4.69) is 20.6 Å². The standard InChI is InChI=1S/C18H26N6O2S/c1-27(25,26)24-10-7-15(8-11-24)22-18-20-12-13-6-9-19-17(16(13)23-18)21-14-4-2-3-5-14/h6,9,12,14-15H,2-5,7-8,10-11H2,1H3,(H,19,21)(H,20,22,23). The third-order valence-corrected chi connectivity index (χ3v) is 6.75. The molecule has 3 heterocycles. The maximum Gasteiger partial charge on any atom is 0.223 e. The Morgan fingerprint density at radius 2 is 1.74 bits per heavy atom. The van der Waals surface area contributed by atoms with Crippen LogP contribution in [-0.4, -0.2) is 59.1 Å². The molecule has 146 valence electrons. The second-order valence-electron chi connectivity index (χ2n) is 7.50. The molecule has 2 aliphatic rings. The highest BCUT2D eigenvalue weighted by Gasteiger charge is 2.25. The van der Waals surface area contributed by atoms with Crippen molar-refractivity contribution in [2.75, 3.05) is 30.0 Å². The van der Waals surface area contributed by atoms with Gasteiger partial charge in [0, 0.05) is 43.0 Å². The average molecular weight is 391 g/mol. The van der Waals surface area contributed by atoms with Crippen molar-refractivity contribution in [1.29, 1.82) is 0 Å². The van der Waals surface area contributed by atoms with Crippen LogP contribution < -0.4 is 10.6 Å². The molecule has 4 rings (SSSR count). The summed E-state index contributed by atoms with van der Waals surface area (Å²) in [7, 11) is -3.11. The lowest BCUT2D eigenvalue weighted by Crippen LogP contribution is -2.42. The number of piperidine rings is 1. The molecule has 9 heteroatoms. The number of hydrogen-bond acceptors (Lipinski definition) is 7. The van der Waals surface area contributed by atoms with Crippen molar-refractivity contribution in [1.82, 2.24) is 19.3 Å². The summed E-state index contributed by atoms with van der Waals surface area (Å²) < 4.78 is 24.8. The number of sulfonamides is 1. The predicted octanol–water partition coefficient (Wildman–Crippen LogP) is 2.22. The van der Waals surface area contributed by atoms with Gasteiger partial charge in [-0.15, -0.1) is 0 Å². The van der Waals surface area contributed by atoms with Gasteiger partial charge >= 0.3 is 0 Å². The quantitative estimate of drug-likeness (QED) is 0.807. The molecule has 2 aromatic heterocycles. The van der Waals surface area contributed by atoms with Gasteiger partial charge in [-0.1, -0.05) is 12.8 Å². The fourth-order valence-corrected chi connectivity index (χ4v) is 4.78. The van der Waals surface area contributed by atoms with Crippen molar-refractivity contribution in [3.63, 3.8) is 0 Å². The number of rotatable bonds is 5. The fraction of sp³-hybridized carbons (Fsp3) is 0.611. The minimum absolute atomic E-state index is 0.170. The van der Waals surface area contributed by atoms with Crippen molar-refractivity contribution in [2.24, 2.45) is 0 Å². The van der Waals surface area contributed by atoms with E-state index in [1.807, 2.05) is 12.3 Å². The zero-order valence-electron chi connectivity index (χ0n) is 15.6. The number of nitrogens with one attached hydrogen (secondary N) is 2. The van der Waals surface area contributed by atoms with Gasteiger partial charge in [0.2, 0.25) is 16.0 Å². The monoisotopic (exact) mass is 390 g/mol. The zero-order chi connectivity index (χ0) is 18.9. The SMILES string of the molecule is CS(=O)(=O)N1CCC(Nc2ncc3ccnc(NC4CCCC4)c3n2)CC1. The molecule has 2 aromatic rings. The number of nitrogens with zero attached hydrogens (tertiary/aromatic N) is 4. The molecule has 0 spiro atoms. The molecule has 2 N–H and O–H groups in total. The van der Waals surface area contributed by atoms with Gasteiger partial charge in [-0.05, 0) is 31.7 Å². The highest BCUT2D eigenvalue weighted by molar-refractivity contribution is 7.88. The van der Waals surface area contributed by atoms with Crippen LogP contribution in [0.2, 0.25) is 0 Å². The van der Waals surface area contributed by atoms with Crippen molar-refractivity contribution in [3.8, 4) is 0 Å². The van der Waals surface area contributed by atoms with Crippen molar-refractivity contribution in [3.05, 3.63) is 18.5 Å². The second kappa shape index (κ2) is 7.55. The van der Waals surface area contributed by atoms with Gasteiger partial charge in [-0.3, -0.25) is 0 Å². The smallest absolute Gasteiger partial charge is 0.223 e. The molecule has 1 aliphatic carbocycles. The number of anilines is 2. The Hall–Kier alpha value is -2.00. The van der Waals surface area contributed by atoms with Crippen LogP contribution in [0.25, 0.3) is 10.9 Å². The van der Waals surface area contributed by atoms with Crippen LogP contribution in [0, 0.1) is 0 Å². The Kier molecular flexibility index (Phi) is 5.14. The molecule has 0 atom stereocenters. The molecule has 0 radical (unpaired) electrons. The van der Waals surface area contributed by atoms with Crippen LogP contribution in [0.15, 0.2) is 18.5 Å². The lowest BCUT2D eigenvalue weighted by atomic mass is 10.1. The maximum atomic E-state index is 11.6. The normalized spacial score (nSPS) is 20.2. The van der Waals surface area contributed by atoms with E-state index < -0.39 is 10.0 Å². The first-order chi connectivity index (χ1) is 13.0. The van der Waals surface area contributed by atoms with Gasteiger partial charge in [0.05, 0.1) is 6.26 Å². The molecule has 0 bridgehead atoms. The van der Waals surface area contributed by atoms with E-state index in [1.165, 1.54) is 36.2 Å². The zero-order valence-corrected chi connectivity index (χ0v) is 16.4. The lowest BCUT2D eigenvalue weighted by Gasteiger charge is -2.30. The van der Waals surface area contributed by atoms with E-state index in [0.717, 1.165) is 29.6 Å². The number of fused-ring (bicyclic) bond motifs is 1. The molecule has 2 fully saturated rings. The number of aromatic nitrogens is 3. The summed E-state index contributed by atoms with van der Waals surface area (Å²) in [6, 6.07) is 2.56. The highest BCUT2D eigenvalue weighted by atomic mass is 32.2. The molecule has 27 heavy (non-hydrogen) atoms. The van der Waals surface area contributed by atoms with E-state index in [-0.39, 0.29) is 6.04 Å². The Labute approximate surface area is 159 Å². The number of pyridine rings is 1. The van der Waals surface area contributed by atoms with Gasteiger partial charge in [-0.2, -0.15) is 0 Å². The van der Waals surface area contributed by atoms with E-state index in [9.17, 15) is 8.42 Å². The molecule has 0 amide bonds. The minimum Gasteiger partial charge on any atom is -0.366 e. The molecular formula is C18H26N6O2S. The van der Waals surface area contributed by atoms with Crippen LogP contribution in [0.4, 0.5) is 11.8 Å². The van der Waals surface area contributed by atoms with Gasteiger partial charge in [-0.25, -0.2) is 27.7 Å². The summed E-state index contributed by atoms with van der Waals surface area (Å²) in [5.41, 5.74) is 0.829. The number of hydrogen-bond donors (Lipinski definition) is 2. The summed E-state index contributed by atoms with van der Waals surface area (Å²) in [4.78, 5) is 13.6.